The van der Waals surface area contributed by atoms with Gasteiger partial charge in [0.1, 0.15) is 11.5 Å². The molecule has 9 nitrogen and oxygen atoms in total. The maximum atomic E-state index is 13.7. The van der Waals surface area contributed by atoms with Gasteiger partial charge < -0.3 is 20.7 Å². The second-order valence-corrected chi connectivity index (χ2v) is 8.76. The molecule has 1 aliphatic heterocycles. The van der Waals surface area contributed by atoms with E-state index in [0.717, 1.165) is 6.08 Å². The number of morpholine rings is 1. The van der Waals surface area contributed by atoms with E-state index in [1.807, 2.05) is 4.90 Å². The zero-order chi connectivity index (χ0) is 26.4. The van der Waals surface area contributed by atoms with Crippen LogP contribution in [-0.2, 0) is 4.74 Å². The molecule has 2 aromatic heterocycles. The molecule has 37 heavy (non-hydrogen) atoms. The highest BCUT2D eigenvalue weighted by molar-refractivity contribution is 9.10. The van der Waals surface area contributed by atoms with Crippen molar-refractivity contribution in [1.29, 1.82) is 0 Å². The highest BCUT2D eigenvalue weighted by Crippen LogP contribution is 2.24. The Morgan fingerprint density at radius 2 is 1.89 bits per heavy atom. The summed E-state index contributed by atoms with van der Waals surface area (Å²) in [5.41, 5.74) is 5.19. The molecule has 1 saturated heterocycles. The minimum atomic E-state index is -4.80. The molecule has 1 fully saturated rings. The monoisotopic (exact) mass is 575 g/mol. The first-order valence-corrected chi connectivity index (χ1v) is 11.8. The Bertz CT molecular complexity index is 1310. The summed E-state index contributed by atoms with van der Waals surface area (Å²) >= 11 is 3.28. The Balaban J connectivity index is 1.50. The van der Waals surface area contributed by atoms with Gasteiger partial charge in [-0.2, -0.15) is 13.2 Å². The molecule has 0 saturated carbocycles. The molecule has 192 valence electrons. The number of amides is 1. The number of pyridine rings is 1. The molecule has 1 aliphatic rings. The maximum absolute atomic E-state index is 13.7. The lowest BCUT2D eigenvalue weighted by molar-refractivity contribution is -0.0576. The Morgan fingerprint density at radius 3 is 2.51 bits per heavy atom. The van der Waals surface area contributed by atoms with Crippen LogP contribution in [0.1, 0.15) is 15.9 Å². The van der Waals surface area contributed by atoms with E-state index in [-0.39, 0.29) is 17.3 Å². The zero-order valence-electron chi connectivity index (χ0n) is 19.2. The summed E-state index contributed by atoms with van der Waals surface area (Å²) in [5.74, 6) is -0.0182. The van der Waals surface area contributed by atoms with Crippen molar-refractivity contribution < 1.29 is 22.7 Å². The van der Waals surface area contributed by atoms with Crippen molar-refractivity contribution in [3.63, 3.8) is 0 Å². The average molecular weight is 576 g/mol. The Labute approximate surface area is 218 Å². The second kappa shape index (κ2) is 11.5. The van der Waals surface area contributed by atoms with Crippen LogP contribution in [0.4, 0.5) is 30.6 Å². The Hall–Kier alpha value is -3.84. The van der Waals surface area contributed by atoms with Gasteiger partial charge in [-0.05, 0) is 48.5 Å². The van der Waals surface area contributed by atoms with Gasteiger partial charge in [0.05, 0.1) is 13.2 Å². The number of nitrogens with one attached hydrogen (secondary N) is 1. The van der Waals surface area contributed by atoms with E-state index in [0.29, 0.717) is 47.7 Å². The highest BCUT2D eigenvalue weighted by atomic mass is 79.9. The fraction of sp³-hybridized carbons (Fsp3) is 0.208. The summed E-state index contributed by atoms with van der Waals surface area (Å²) in [6.45, 7) is 2.52. The molecule has 0 spiro atoms. The number of nitrogens with zero attached hydrogens (tertiary/aromatic N) is 5. The Kier molecular flexibility index (Phi) is 8.14. The van der Waals surface area contributed by atoms with Gasteiger partial charge in [0.15, 0.2) is 11.6 Å². The minimum absolute atomic E-state index is 0.0546. The molecule has 1 aromatic carbocycles. The topological polar surface area (TPSA) is 119 Å². The number of hydrogen-bond acceptors (Lipinski definition) is 8. The predicted octanol–water partition coefficient (Wildman–Crippen LogP) is 4.36. The predicted molar refractivity (Wildman–Crippen MR) is 137 cm³/mol. The third kappa shape index (κ3) is 7.11. The molecule has 0 aliphatic carbocycles. The van der Waals surface area contributed by atoms with E-state index < -0.39 is 17.8 Å². The largest absolute Gasteiger partial charge is 0.433 e. The van der Waals surface area contributed by atoms with Gasteiger partial charge in [-0.1, -0.05) is 22.0 Å². The van der Waals surface area contributed by atoms with Crippen molar-refractivity contribution in [1.82, 2.24) is 15.2 Å². The number of anilines is 2. The summed E-state index contributed by atoms with van der Waals surface area (Å²) in [5, 5.41) is 9.95. The maximum Gasteiger partial charge on any atom is 0.433 e. The van der Waals surface area contributed by atoms with Crippen LogP contribution in [0.25, 0.3) is 5.70 Å². The minimum Gasteiger partial charge on any atom is -0.398 e. The molecule has 0 atom stereocenters. The fourth-order valence-electron chi connectivity index (χ4n) is 3.34. The number of hydrogen-bond donors (Lipinski definition) is 2. The van der Waals surface area contributed by atoms with E-state index in [9.17, 15) is 18.0 Å². The van der Waals surface area contributed by atoms with Crippen LogP contribution in [0.15, 0.2) is 70.3 Å². The summed E-state index contributed by atoms with van der Waals surface area (Å²) in [6, 6.07) is 12.5. The van der Waals surface area contributed by atoms with Crippen molar-refractivity contribution in [2.45, 2.75) is 6.18 Å². The molecule has 4 rings (SSSR count). The lowest BCUT2D eigenvalue weighted by Gasteiger charge is -2.27. The third-order valence-electron chi connectivity index (χ3n) is 5.21. The van der Waals surface area contributed by atoms with Gasteiger partial charge in [-0.15, -0.1) is 10.2 Å². The fourth-order valence-corrected chi connectivity index (χ4v) is 3.74. The summed E-state index contributed by atoms with van der Waals surface area (Å²) < 4.78 is 47.1. The number of aromatic nitrogens is 3. The van der Waals surface area contributed by atoms with Gasteiger partial charge in [-0.3, -0.25) is 4.79 Å². The van der Waals surface area contributed by atoms with Crippen molar-refractivity contribution in [2.75, 3.05) is 36.5 Å². The standard InChI is InChI=1S/C24H21BrF3N7O2/c25-17-3-1-2-15(12-17)23(36)32-21-6-5-20(33-34-21)31-19(24(26,27)28)13-18(29)16-4-7-22(30-14-16)35-8-10-37-11-9-35/h1-7,12-14H,8-11,29H2,(H,32,34,36). The number of carbonyl (C=O) groups is 1. The molecular weight excluding hydrogens is 555 g/mol. The number of allylic oxidation sites excluding steroid dienone is 1. The molecule has 0 radical (unpaired) electrons. The number of aliphatic imine (C=N–C) groups is 1. The number of halogens is 4. The number of benzene rings is 1. The van der Waals surface area contributed by atoms with E-state index in [2.05, 4.69) is 41.4 Å². The number of ether oxygens (including phenoxy) is 1. The smallest absolute Gasteiger partial charge is 0.398 e. The summed E-state index contributed by atoms with van der Waals surface area (Å²) in [6.07, 6.45) is -2.68. The van der Waals surface area contributed by atoms with Crippen LogP contribution in [-0.4, -0.2) is 59.3 Å². The van der Waals surface area contributed by atoms with Crippen LogP contribution in [0.2, 0.25) is 0 Å². The molecule has 3 heterocycles. The summed E-state index contributed by atoms with van der Waals surface area (Å²) in [7, 11) is 0. The average Bonchev–Trinajstić information content (AvgIpc) is 2.89. The van der Waals surface area contributed by atoms with E-state index in [1.54, 1.807) is 36.4 Å². The van der Waals surface area contributed by atoms with Crippen LogP contribution in [0.3, 0.4) is 0 Å². The number of nitrogens with two attached hydrogens (primary N) is 1. The molecule has 1 amide bonds. The first-order valence-electron chi connectivity index (χ1n) is 11.0. The molecule has 13 heteroatoms. The molecule has 3 N–H and O–H groups in total. The normalized spacial score (nSPS) is 15.0. The molecule has 0 bridgehead atoms. The number of alkyl halides is 3. The quantitative estimate of drug-likeness (QED) is 0.419. The van der Waals surface area contributed by atoms with Crippen LogP contribution < -0.4 is 16.0 Å². The van der Waals surface area contributed by atoms with E-state index >= 15 is 0 Å². The van der Waals surface area contributed by atoms with Crippen LogP contribution in [0, 0.1) is 0 Å². The van der Waals surface area contributed by atoms with Gasteiger partial charge >= 0.3 is 6.18 Å². The molecular formula is C24H21BrF3N7O2. The van der Waals surface area contributed by atoms with E-state index in [4.69, 9.17) is 10.5 Å². The van der Waals surface area contributed by atoms with Crippen molar-refractivity contribution in [3.05, 3.63) is 76.4 Å². The van der Waals surface area contributed by atoms with Gasteiger partial charge in [0.25, 0.3) is 5.91 Å². The zero-order valence-corrected chi connectivity index (χ0v) is 20.8. The SMILES string of the molecule is NC(=CC(=Nc1ccc(NC(=O)c2cccc(Br)c2)nn1)C(F)(F)F)c1ccc(N2CCOCC2)nc1. The first-order chi connectivity index (χ1) is 17.7. The van der Waals surface area contributed by atoms with Crippen molar-refractivity contribution in [3.8, 4) is 0 Å². The lowest BCUT2D eigenvalue weighted by atomic mass is 10.1. The van der Waals surface area contributed by atoms with Gasteiger partial charge in [0.2, 0.25) is 0 Å². The number of rotatable bonds is 6. The molecule has 3 aromatic rings. The van der Waals surface area contributed by atoms with Crippen molar-refractivity contribution >= 4 is 50.7 Å². The van der Waals surface area contributed by atoms with Crippen LogP contribution in [0.5, 0.6) is 0 Å². The van der Waals surface area contributed by atoms with Gasteiger partial charge in [0, 0.05) is 40.6 Å². The number of carbonyl (C=O) groups excluding carboxylic acids is 1. The Morgan fingerprint density at radius 1 is 1.11 bits per heavy atom. The van der Waals surface area contributed by atoms with Crippen LogP contribution >= 0.6 is 15.9 Å². The summed E-state index contributed by atoms with van der Waals surface area (Å²) in [4.78, 5) is 22.2. The first kappa shape index (κ1) is 26.2. The van der Waals surface area contributed by atoms with Gasteiger partial charge in [-0.25, -0.2) is 9.98 Å². The van der Waals surface area contributed by atoms with E-state index in [1.165, 1.54) is 18.3 Å². The molecule has 0 unspecified atom stereocenters. The van der Waals surface area contributed by atoms with Crippen molar-refractivity contribution in [2.24, 2.45) is 10.7 Å². The lowest BCUT2D eigenvalue weighted by Crippen LogP contribution is -2.36. The second-order valence-electron chi connectivity index (χ2n) is 7.84. The highest BCUT2D eigenvalue weighted by Gasteiger charge is 2.35. The third-order valence-corrected chi connectivity index (χ3v) is 5.71.